The molecule has 0 aliphatic rings. The minimum absolute atomic E-state index is 0.282. The van der Waals surface area contributed by atoms with Gasteiger partial charge in [-0.2, -0.15) is 5.26 Å². The van der Waals surface area contributed by atoms with Crippen molar-refractivity contribution in [1.29, 1.82) is 5.26 Å². The van der Waals surface area contributed by atoms with Crippen LogP contribution >= 0.6 is 0 Å². The summed E-state index contributed by atoms with van der Waals surface area (Å²) in [6.45, 7) is 2.63. The van der Waals surface area contributed by atoms with Crippen LogP contribution in [0, 0.1) is 11.3 Å². The monoisotopic (exact) mass is 287 g/mol. The number of hydrogen-bond acceptors (Lipinski definition) is 4. The molecule has 7 heteroatoms. The van der Waals surface area contributed by atoms with Gasteiger partial charge in [0.2, 0.25) is 11.8 Å². The fraction of sp³-hybridized carbons (Fsp3) is 0.143. The molecule has 108 valence electrons. The molecule has 1 rings (SSSR count). The van der Waals surface area contributed by atoms with Gasteiger partial charge < -0.3 is 15.7 Å². The molecule has 21 heavy (non-hydrogen) atoms. The van der Waals surface area contributed by atoms with E-state index in [0.29, 0.717) is 16.9 Å². The number of anilines is 2. The quantitative estimate of drug-likeness (QED) is 0.574. The highest BCUT2D eigenvalue weighted by Crippen LogP contribution is 2.23. The Morgan fingerprint density at radius 3 is 2.29 bits per heavy atom. The van der Waals surface area contributed by atoms with Gasteiger partial charge in [-0.3, -0.25) is 9.59 Å². The van der Waals surface area contributed by atoms with E-state index in [0.717, 1.165) is 6.08 Å². The second kappa shape index (κ2) is 6.86. The van der Waals surface area contributed by atoms with Crippen LogP contribution in [0.25, 0.3) is 6.08 Å². The fourth-order valence-electron chi connectivity index (χ4n) is 1.56. The predicted molar refractivity (Wildman–Crippen MR) is 76.3 cm³/mol. The lowest BCUT2D eigenvalue weighted by atomic mass is 10.1. The molecular weight excluding hydrogens is 274 g/mol. The number of nitrogens with zero attached hydrogens (tertiary/aromatic N) is 1. The Kier molecular flexibility index (Phi) is 5.20. The van der Waals surface area contributed by atoms with Crippen LogP contribution in [0.15, 0.2) is 23.8 Å². The Morgan fingerprint density at radius 2 is 1.81 bits per heavy atom. The van der Waals surface area contributed by atoms with E-state index < -0.39 is 11.5 Å². The van der Waals surface area contributed by atoms with Gasteiger partial charge in [-0.05, 0) is 23.8 Å². The predicted octanol–water partition coefficient (Wildman–Crippen LogP) is 1.59. The Bertz CT molecular complexity index is 671. The van der Waals surface area contributed by atoms with Crippen molar-refractivity contribution < 1.29 is 19.5 Å². The van der Waals surface area contributed by atoms with Gasteiger partial charge in [0.1, 0.15) is 11.6 Å². The van der Waals surface area contributed by atoms with E-state index in [1.165, 1.54) is 32.0 Å². The molecule has 0 saturated carbocycles. The highest BCUT2D eigenvalue weighted by atomic mass is 16.4. The standard InChI is InChI=1S/C14H13N3O4/c1-8(18)16-12-4-3-10(5-11(7-15)14(20)21)13(6-12)17-9(2)19/h3-6H,1-2H3,(H,16,18)(H,17,19)(H,20,21). The van der Waals surface area contributed by atoms with E-state index in [1.807, 2.05) is 0 Å². The van der Waals surface area contributed by atoms with Crippen molar-refractivity contribution in [3.8, 4) is 6.07 Å². The van der Waals surface area contributed by atoms with Crippen LogP contribution in [0.2, 0.25) is 0 Å². The van der Waals surface area contributed by atoms with Gasteiger partial charge in [0.15, 0.2) is 0 Å². The summed E-state index contributed by atoms with van der Waals surface area (Å²) in [5.41, 5.74) is 0.618. The molecule has 0 heterocycles. The van der Waals surface area contributed by atoms with Gasteiger partial charge >= 0.3 is 5.97 Å². The van der Waals surface area contributed by atoms with Gasteiger partial charge in [0, 0.05) is 19.5 Å². The van der Waals surface area contributed by atoms with Crippen molar-refractivity contribution in [2.45, 2.75) is 13.8 Å². The summed E-state index contributed by atoms with van der Waals surface area (Å²) in [5, 5.41) is 22.7. The Balaban J connectivity index is 3.31. The third-order valence-electron chi connectivity index (χ3n) is 2.34. The van der Waals surface area contributed by atoms with Gasteiger partial charge in [0.25, 0.3) is 0 Å². The summed E-state index contributed by atoms with van der Waals surface area (Å²) in [7, 11) is 0. The number of nitrogens with one attached hydrogen (secondary N) is 2. The normalized spacial score (nSPS) is 10.4. The smallest absolute Gasteiger partial charge is 0.346 e. The van der Waals surface area contributed by atoms with Crippen LogP contribution in [0.4, 0.5) is 11.4 Å². The number of aliphatic carboxylic acids is 1. The molecule has 0 spiro atoms. The molecular formula is C14H13N3O4. The highest BCUT2D eigenvalue weighted by molar-refractivity contribution is 6.00. The zero-order chi connectivity index (χ0) is 16.0. The van der Waals surface area contributed by atoms with E-state index in [9.17, 15) is 14.4 Å². The summed E-state index contributed by atoms with van der Waals surface area (Å²) >= 11 is 0. The van der Waals surface area contributed by atoms with E-state index >= 15 is 0 Å². The molecule has 0 fully saturated rings. The van der Waals surface area contributed by atoms with Crippen molar-refractivity contribution in [2.24, 2.45) is 0 Å². The summed E-state index contributed by atoms with van der Waals surface area (Å²) in [6.07, 6.45) is 1.14. The SMILES string of the molecule is CC(=O)Nc1ccc(C=C(C#N)C(=O)O)c(NC(C)=O)c1. The molecule has 0 atom stereocenters. The topological polar surface area (TPSA) is 119 Å². The average molecular weight is 287 g/mol. The van der Waals surface area contributed by atoms with Crippen LogP contribution in [0.5, 0.6) is 0 Å². The summed E-state index contributed by atoms with van der Waals surface area (Å²) in [6, 6.07) is 6.07. The van der Waals surface area contributed by atoms with Crippen LogP contribution in [0.1, 0.15) is 19.4 Å². The van der Waals surface area contributed by atoms with Crippen molar-refractivity contribution in [1.82, 2.24) is 0 Å². The maximum atomic E-state index is 11.2. The zero-order valence-electron chi connectivity index (χ0n) is 11.4. The lowest BCUT2D eigenvalue weighted by Crippen LogP contribution is -2.10. The molecule has 1 aromatic carbocycles. The Morgan fingerprint density at radius 1 is 1.19 bits per heavy atom. The number of benzene rings is 1. The van der Waals surface area contributed by atoms with Crippen LogP contribution in [0.3, 0.4) is 0 Å². The number of amides is 2. The largest absolute Gasteiger partial charge is 0.477 e. The van der Waals surface area contributed by atoms with Crippen molar-refractivity contribution in [3.63, 3.8) is 0 Å². The van der Waals surface area contributed by atoms with Gasteiger partial charge in [-0.15, -0.1) is 0 Å². The van der Waals surface area contributed by atoms with Gasteiger partial charge in [-0.1, -0.05) is 6.07 Å². The van der Waals surface area contributed by atoms with Gasteiger partial charge in [-0.25, -0.2) is 4.79 Å². The minimum Gasteiger partial charge on any atom is -0.477 e. The molecule has 1 aromatic rings. The number of nitriles is 1. The molecule has 2 amide bonds. The van der Waals surface area contributed by atoms with Crippen LogP contribution in [-0.4, -0.2) is 22.9 Å². The molecule has 3 N–H and O–H groups in total. The Labute approximate surface area is 120 Å². The van der Waals surface area contributed by atoms with Crippen LogP contribution in [-0.2, 0) is 14.4 Å². The molecule has 0 radical (unpaired) electrons. The van der Waals surface area contributed by atoms with Crippen molar-refractivity contribution in [3.05, 3.63) is 29.3 Å². The zero-order valence-corrected chi connectivity index (χ0v) is 11.4. The minimum atomic E-state index is -1.36. The van der Waals surface area contributed by atoms with Gasteiger partial charge in [0.05, 0.1) is 5.69 Å². The number of carboxylic acids is 1. The maximum absolute atomic E-state index is 11.2. The van der Waals surface area contributed by atoms with Crippen molar-refractivity contribution >= 4 is 35.2 Å². The first-order valence-corrected chi connectivity index (χ1v) is 5.87. The van der Waals surface area contributed by atoms with E-state index in [1.54, 1.807) is 6.07 Å². The fourth-order valence-corrected chi connectivity index (χ4v) is 1.56. The van der Waals surface area contributed by atoms with E-state index in [2.05, 4.69) is 10.6 Å². The molecule has 0 unspecified atom stereocenters. The number of rotatable bonds is 4. The first kappa shape index (κ1) is 15.9. The molecule has 0 bridgehead atoms. The summed E-state index contributed by atoms with van der Waals surface area (Å²) in [5.74, 6) is -2.01. The molecule has 0 aliphatic carbocycles. The summed E-state index contributed by atoms with van der Waals surface area (Å²) < 4.78 is 0. The summed E-state index contributed by atoms with van der Waals surface area (Å²) in [4.78, 5) is 33.0. The average Bonchev–Trinajstić information content (AvgIpc) is 2.36. The van der Waals surface area contributed by atoms with E-state index in [-0.39, 0.29) is 11.8 Å². The molecule has 0 aromatic heterocycles. The third kappa shape index (κ3) is 4.80. The first-order valence-electron chi connectivity index (χ1n) is 5.87. The van der Waals surface area contributed by atoms with Crippen molar-refractivity contribution in [2.75, 3.05) is 10.6 Å². The maximum Gasteiger partial charge on any atom is 0.346 e. The number of carbonyl (C=O) groups is 3. The first-order chi connectivity index (χ1) is 9.83. The second-order valence-corrected chi connectivity index (χ2v) is 4.14. The molecule has 0 aliphatic heterocycles. The number of carbonyl (C=O) groups excluding carboxylic acids is 2. The highest BCUT2D eigenvalue weighted by Gasteiger charge is 2.10. The lowest BCUT2D eigenvalue weighted by Gasteiger charge is -2.10. The lowest BCUT2D eigenvalue weighted by molar-refractivity contribution is -0.132. The molecule has 0 saturated heterocycles. The van der Waals surface area contributed by atoms with Crippen LogP contribution < -0.4 is 10.6 Å². The van der Waals surface area contributed by atoms with E-state index in [4.69, 9.17) is 10.4 Å². The number of carboxylic acid groups (broad SMARTS) is 1. The third-order valence-corrected chi connectivity index (χ3v) is 2.34. The molecule has 7 nitrogen and oxygen atoms in total. The number of hydrogen-bond donors (Lipinski definition) is 3. The second-order valence-electron chi connectivity index (χ2n) is 4.14. The Hall–Kier alpha value is -3.14.